The van der Waals surface area contributed by atoms with Crippen LogP contribution in [0.3, 0.4) is 0 Å². The van der Waals surface area contributed by atoms with Gasteiger partial charge in [-0.15, -0.1) is 0 Å². The van der Waals surface area contributed by atoms with Crippen LogP contribution in [0.1, 0.15) is 6.42 Å². The molecule has 0 N–H and O–H groups in total. The fourth-order valence-electron chi connectivity index (χ4n) is 1.55. The van der Waals surface area contributed by atoms with Gasteiger partial charge >= 0.3 is 0 Å². The number of hydrogen-bond donors (Lipinski definition) is 0. The Kier molecular flexibility index (Phi) is 2.98. The molecule has 1 heterocycles. The van der Waals surface area contributed by atoms with E-state index in [2.05, 4.69) is 15.9 Å². The summed E-state index contributed by atoms with van der Waals surface area (Å²) >= 11 is 8.93. The Balaban J connectivity index is 2.31. The number of nitrogens with zero attached hydrogens (tertiary/aromatic N) is 1. The first-order valence-electron chi connectivity index (χ1n) is 4.50. The predicted molar refractivity (Wildman–Crippen MR) is 61.1 cm³/mol. The van der Waals surface area contributed by atoms with Gasteiger partial charge in [-0.2, -0.15) is 0 Å². The van der Waals surface area contributed by atoms with Crippen molar-refractivity contribution in [3.8, 4) is 0 Å². The summed E-state index contributed by atoms with van der Waals surface area (Å²) in [6.07, 6.45) is 0.758. The van der Waals surface area contributed by atoms with Crippen LogP contribution in [-0.2, 0) is 4.79 Å². The Hall–Kier alpha value is -0.610. The second kappa shape index (κ2) is 4.10. The quantitative estimate of drug-likeness (QED) is 0.729. The van der Waals surface area contributed by atoms with Gasteiger partial charge < -0.3 is 4.90 Å². The minimum Gasteiger partial charge on any atom is -0.311 e. The molecule has 5 heteroatoms. The largest absolute Gasteiger partial charge is 0.311 e. The van der Waals surface area contributed by atoms with E-state index < -0.39 is 5.82 Å². The first kappa shape index (κ1) is 10.9. The fourth-order valence-corrected chi connectivity index (χ4v) is 2.18. The van der Waals surface area contributed by atoms with Crippen molar-refractivity contribution in [2.75, 3.05) is 11.4 Å². The van der Waals surface area contributed by atoms with Gasteiger partial charge in [0.05, 0.1) is 9.85 Å². The molecule has 1 aliphatic heterocycles. The van der Waals surface area contributed by atoms with Crippen molar-refractivity contribution in [3.63, 3.8) is 0 Å². The molecule has 0 bridgehead atoms. The van der Waals surface area contributed by atoms with Gasteiger partial charge in [-0.25, -0.2) is 4.39 Å². The zero-order valence-corrected chi connectivity index (χ0v) is 10.1. The number of rotatable bonds is 1. The topological polar surface area (TPSA) is 20.3 Å². The van der Waals surface area contributed by atoms with Crippen molar-refractivity contribution in [1.82, 2.24) is 0 Å². The summed E-state index contributed by atoms with van der Waals surface area (Å²) in [6.45, 7) is 0.636. The number of benzene rings is 1. The lowest BCUT2D eigenvalue weighted by Gasteiger charge is -2.16. The summed E-state index contributed by atoms with van der Waals surface area (Å²) in [5.74, 6) is -0.472. The molecule has 1 aromatic carbocycles. The Morgan fingerprint density at radius 3 is 2.80 bits per heavy atom. The third kappa shape index (κ3) is 2.01. The first-order valence-corrected chi connectivity index (χ1v) is 5.79. The molecule has 1 atom stereocenters. The zero-order chi connectivity index (χ0) is 11.0. The van der Waals surface area contributed by atoms with Gasteiger partial charge in [-0.1, -0.05) is 27.5 Å². The Bertz CT molecular complexity index is 412. The molecule has 1 aromatic rings. The van der Waals surface area contributed by atoms with E-state index in [4.69, 9.17) is 11.6 Å². The summed E-state index contributed by atoms with van der Waals surface area (Å²) in [4.78, 5) is 13.1. The highest BCUT2D eigenvalue weighted by molar-refractivity contribution is 9.10. The SMILES string of the molecule is O=C1C(Br)CCN1c1ccc(F)c(Cl)c1. The second-order valence-corrected chi connectivity index (χ2v) is 4.86. The van der Waals surface area contributed by atoms with Crippen molar-refractivity contribution in [2.24, 2.45) is 0 Å². The van der Waals surface area contributed by atoms with Crippen molar-refractivity contribution < 1.29 is 9.18 Å². The molecule has 1 fully saturated rings. The van der Waals surface area contributed by atoms with E-state index >= 15 is 0 Å². The highest BCUT2D eigenvalue weighted by Gasteiger charge is 2.30. The number of alkyl halides is 1. The fraction of sp³-hybridized carbons (Fsp3) is 0.300. The lowest BCUT2D eigenvalue weighted by molar-refractivity contribution is -0.116. The molecular weight excluding hydrogens is 284 g/mol. The average Bonchev–Trinajstić information content (AvgIpc) is 2.53. The summed E-state index contributed by atoms with van der Waals surface area (Å²) < 4.78 is 12.9. The van der Waals surface area contributed by atoms with E-state index in [-0.39, 0.29) is 15.8 Å². The maximum Gasteiger partial charge on any atom is 0.240 e. The van der Waals surface area contributed by atoms with Gasteiger partial charge in [0.15, 0.2) is 0 Å². The third-order valence-corrected chi connectivity index (χ3v) is 3.49. The molecule has 15 heavy (non-hydrogen) atoms. The molecule has 0 aromatic heterocycles. The van der Waals surface area contributed by atoms with Gasteiger partial charge in [0.25, 0.3) is 0 Å². The van der Waals surface area contributed by atoms with E-state index in [0.29, 0.717) is 12.2 Å². The Morgan fingerprint density at radius 1 is 1.53 bits per heavy atom. The van der Waals surface area contributed by atoms with Crippen LogP contribution in [0.4, 0.5) is 10.1 Å². The number of carbonyl (C=O) groups excluding carboxylic acids is 1. The normalized spacial score (nSPS) is 21.1. The van der Waals surface area contributed by atoms with Gasteiger partial charge in [-0.3, -0.25) is 4.79 Å². The van der Waals surface area contributed by atoms with Crippen molar-refractivity contribution in [3.05, 3.63) is 29.0 Å². The second-order valence-electron chi connectivity index (χ2n) is 3.34. The Labute approximate surface area is 100 Å². The molecule has 0 aliphatic carbocycles. The van der Waals surface area contributed by atoms with Crippen LogP contribution in [0, 0.1) is 5.82 Å². The molecule has 0 radical (unpaired) electrons. The highest BCUT2D eigenvalue weighted by atomic mass is 79.9. The Morgan fingerprint density at radius 2 is 2.27 bits per heavy atom. The standard InChI is InChI=1S/C10H8BrClFNO/c11-7-3-4-14(10(7)15)6-1-2-9(13)8(12)5-6/h1-2,5,7H,3-4H2. The lowest BCUT2D eigenvalue weighted by Crippen LogP contribution is -2.26. The van der Waals surface area contributed by atoms with Crippen LogP contribution in [0.15, 0.2) is 18.2 Å². The van der Waals surface area contributed by atoms with Crippen LogP contribution in [0.5, 0.6) is 0 Å². The summed E-state index contributed by atoms with van der Waals surface area (Å²) in [7, 11) is 0. The van der Waals surface area contributed by atoms with Crippen LogP contribution >= 0.6 is 27.5 Å². The summed E-state index contributed by atoms with van der Waals surface area (Å²) in [6, 6.07) is 4.30. The third-order valence-electron chi connectivity index (χ3n) is 2.35. The monoisotopic (exact) mass is 291 g/mol. The summed E-state index contributed by atoms with van der Waals surface area (Å²) in [5, 5.41) is 0.0401. The number of amides is 1. The van der Waals surface area contributed by atoms with E-state index in [1.807, 2.05) is 0 Å². The molecule has 2 rings (SSSR count). The molecule has 0 saturated carbocycles. The van der Waals surface area contributed by atoms with Gasteiger partial charge in [0, 0.05) is 12.2 Å². The number of carbonyl (C=O) groups is 1. The number of anilines is 1. The molecule has 2 nitrogen and oxygen atoms in total. The number of halogens is 3. The van der Waals surface area contributed by atoms with Gasteiger partial charge in [0.2, 0.25) is 5.91 Å². The highest BCUT2D eigenvalue weighted by Crippen LogP contribution is 2.28. The molecule has 1 saturated heterocycles. The van der Waals surface area contributed by atoms with E-state index in [0.717, 1.165) is 6.42 Å². The first-order chi connectivity index (χ1) is 7.09. The van der Waals surface area contributed by atoms with Crippen LogP contribution in [0.2, 0.25) is 5.02 Å². The van der Waals surface area contributed by atoms with Crippen LogP contribution in [0.25, 0.3) is 0 Å². The maximum atomic E-state index is 12.9. The molecular formula is C10H8BrClFNO. The lowest BCUT2D eigenvalue weighted by atomic mass is 10.3. The van der Waals surface area contributed by atoms with Crippen molar-refractivity contribution in [1.29, 1.82) is 0 Å². The molecule has 80 valence electrons. The van der Waals surface area contributed by atoms with Gasteiger partial charge in [0.1, 0.15) is 5.82 Å². The molecule has 0 spiro atoms. The smallest absolute Gasteiger partial charge is 0.240 e. The molecule has 1 aliphatic rings. The average molecular weight is 293 g/mol. The van der Waals surface area contributed by atoms with Crippen molar-refractivity contribution in [2.45, 2.75) is 11.2 Å². The number of hydrogen-bond acceptors (Lipinski definition) is 1. The van der Waals surface area contributed by atoms with E-state index in [9.17, 15) is 9.18 Å². The van der Waals surface area contributed by atoms with E-state index in [1.54, 1.807) is 11.0 Å². The minimum atomic E-state index is -0.470. The summed E-state index contributed by atoms with van der Waals surface area (Å²) in [5.41, 5.74) is 0.647. The van der Waals surface area contributed by atoms with Crippen LogP contribution in [-0.4, -0.2) is 17.3 Å². The zero-order valence-electron chi connectivity index (χ0n) is 7.71. The van der Waals surface area contributed by atoms with Crippen LogP contribution < -0.4 is 4.90 Å². The van der Waals surface area contributed by atoms with Gasteiger partial charge in [-0.05, 0) is 24.6 Å². The van der Waals surface area contributed by atoms with Crippen molar-refractivity contribution >= 4 is 39.1 Å². The van der Waals surface area contributed by atoms with E-state index in [1.165, 1.54) is 12.1 Å². The molecule has 1 amide bonds. The maximum absolute atomic E-state index is 12.9. The predicted octanol–water partition coefficient (Wildman–Crippen LogP) is 2.98. The minimum absolute atomic E-state index is 0.00215. The molecule has 1 unspecified atom stereocenters.